The maximum Gasteiger partial charge on any atom is 0.216 e. The summed E-state index contributed by atoms with van der Waals surface area (Å²) in [4.78, 5) is 10.3. The van der Waals surface area contributed by atoms with Gasteiger partial charge in [-0.25, -0.2) is 0 Å². The molecule has 0 aromatic heterocycles. The predicted molar refractivity (Wildman–Crippen MR) is 71.1 cm³/mol. The van der Waals surface area contributed by atoms with Crippen LogP contribution in [0.15, 0.2) is 37.0 Å². The minimum absolute atomic E-state index is 0.0149. The predicted octanol–water partition coefficient (Wildman–Crippen LogP) is 2.16. The SMILES string of the molecule is C=C/C=C\C=C/C.CCC(N)CNC(C)=O. The molecule has 0 aliphatic heterocycles. The van der Waals surface area contributed by atoms with Crippen molar-refractivity contribution in [2.24, 2.45) is 5.73 Å². The summed E-state index contributed by atoms with van der Waals surface area (Å²) < 4.78 is 0. The van der Waals surface area contributed by atoms with Crippen LogP contribution >= 0.6 is 0 Å². The topological polar surface area (TPSA) is 55.1 Å². The van der Waals surface area contributed by atoms with E-state index in [9.17, 15) is 4.79 Å². The largest absolute Gasteiger partial charge is 0.355 e. The summed E-state index contributed by atoms with van der Waals surface area (Å²) in [7, 11) is 0. The second-order valence-corrected chi connectivity index (χ2v) is 3.25. The van der Waals surface area contributed by atoms with Crippen molar-refractivity contribution in [3.8, 4) is 0 Å². The summed E-state index contributed by atoms with van der Waals surface area (Å²) in [5, 5.41) is 2.63. The van der Waals surface area contributed by atoms with E-state index in [1.54, 1.807) is 6.08 Å². The fraction of sp³-hybridized carbons (Fsp3) is 0.462. The highest BCUT2D eigenvalue weighted by molar-refractivity contribution is 5.72. The molecule has 3 heteroatoms. The number of hydrogen-bond acceptors (Lipinski definition) is 2. The Labute approximate surface area is 99.1 Å². The Morgan fingerprint density at radius 2 is 2.06 bits per heavy atom. The van der Waals surface area contributed by atoms with E-state index < -0.39 is 0 Å². The van der Waals surface area contributed by atoms with Gasteiger partial charge in [0.05, 0.1) is 0 Å². The lowest BCUT2D eigenvalue weighted by Gasteiger charge is -2.07. The molecule has 1 unspecified atom stereocenters. The van der Waals surface area contributed by atoms with Crippen LogP contribution in [-0.4, -0.2) is 18.5 Å². The molecule has 0 saturated heterocycles. The Morgan fingerprint density at radius 1 is 1.44 bits per heavy atom. The van der Waals surface area contributed by atoms with E-state index in [4.69, 9.17) is 5.73 Å². The summed E-state index contributed by atoms with van der Waals surface area (Å²) in [5.74, 6) is -0.0149. The monoisotopic (exact) mass is 224 g/mol. The number of hydrogen-bond donors (Lipinski definition) is 2. The van der Waals surface area contributed by atoms with Gasteiger partial charge in [-0.1, -0.05) is 43.9 Å². The molecule has 0 aromatic rings. The van der Waals surface area contributed by atoms with E-state index in [-0.39, 0.29) is 11.9 Å². The molecule has 0 rings (SSSR count). The number of nitrogens with one attached hydrogen (secondary N) is 1. The van der Waals surface area contributed by atoms with Gasteiger partial charge in [0.15, 0.2) is 0 Å². The van der Waals surface area contributed by atoms with Crippen LogP contribution in [0.2, 0.25) is 0 Å². The molecule has 0 aliphatic rings. The maximum absolute atomic E-state index is 10.3. The van der Waals surface area contributed by atoms with Gasteiger partial charge < -0.3 is 11.1 Å². The highest BCUT2D eigenvalue weighted by Gasteiger charge is 1.97. The van der Waals surface area contributed by atoms with Crippen molar-refractivity contribution < 1.29 is 4.79 Å². The van der Waals surface area contributed by atoms with E-state index in [2.05, 4.69) is 11.9 Å². The van der Waals surface area contributed by atoms with Crippen LogP contribution in [0.1, 0.15) is 27.2 Å². The normalized spacial score (nSPS) is 12.0. The van der Waals surface area contributed by atoms with Crippen molar-refractivity contribution in [3.05, 3.63) is 37.0 Å². The lowest BCUT2D eigenvalue weighted by molar-refractivity contribution is -0.119. The van der Waals surface area contributed by atoms with Gasteiger partial charge in [0, 0.05) is 19.5 Å². The first kappa shape index (κ1) is 17.1. The molecule has 3 nitrogen and oxygen atoms in total. The summed E-state index contributed by atoms with van der Waals surface area (Å²) >= 11 is 0. The second-order valence-electron chi connectivity index (χ2n) is 3.25. The summed E-state index contributed by atoms with van der Waals surface area (Å²) in [5.41, 5.74) is 5.51. The van der Waals surface area contributed by atoms with Crippen molar-refractivity contribution >= 4 is 5.91 Å². The molecule has 1 atom stereocenters. The first-order valence-electron chi connectivity index (χ1n) is 5.48. The molecule has 0 aromatic carbocycles. The Hall–Kier alpha value is -1.35. The first-order valence-corrected chi connectivity index (χ1v) is 5.48. The van der Waals surface area contributed by atoms with E-state index in [1.807, 2.05) is 38.2 Å². The van der Waals surface area contributed by atoms with Crippen molar-refractivity contribution in [2.75, 3.05) is 6.54 Å². The van der Waals surface area contributed by atoms with E-state index in [1.165, 1.54) is 6.92 Å². The zero-order chi connectivity index (χ0) is 12.8. The van der Waals surface area contributed by atoms with Gasteiger partial charge in [-0.2, -0.15) is 0 Å². The first-order chi connectivity index (χ1) is 7.58. The molecule has 0 bridgehead atoms. The summed E-state index contributed by atoms with van der Waals surface area (Å²) in [6, 6.07) is 0.105. The van der Waals surface area contributed by atoms with Crippen LogP contribution < -0.4 is 11.1 Å². The molecular weight excluding hydrogens is 200 g/mol. The molecular formula is C13H24N2O. The third kappa shape index (κ3) is 18.4. The van der Waals surface area contributed by atoms with Gasteiger partial charge in [0.1, 0.15) is 0 Å². The Kier molecular flexibility index (Phi) is 14.6. The molecule has 0 heterocycles. The minimum Gasteiger partial charge on any atom is -0.355 e. The van der Waals surface area contributed by atoms with Gasteiger partial charge in [-0.05, 0) is 13.3 Å². The Balaban J connectivity index is 0. The smallest absolute Gasteiger partial charge is 0.216 e. The van der Waals surface area contributed by atoms with E-state index >= 15 is 0 Å². The van der Waals surface area contributed by atoms with Crippen LogP contribution in [-0.2, 0) is 4.79 Å². The average molecular weight is 224 g/mol. The van der Waals surface area contributed by atoms with Gasteiger partial charge in [0.2, 0.25) is 5.91 Å². The third-order valence-corrected chi connectivity index (χ3v) is 1.69. The number of nitrogens with two attached hydrogens (primary N) is 1. The fourth-order valence-corrected chi connectivity index (χ4v) is 0.673. The average Bonchev–Trinajstić information content (AvgIpc) is 2.27. The molecule has 0 saturated carbocycles. The van der Waals surface area contributed by atoms with E-state index in [0.717, 1.165) is 6.42 Å². The Morgan fingerprint density at radius 3 is 2.44 bits per heavy atom. The van der Waals surface area contributed by atoms with Crippen LogP contribution in [0.3, 0.4) is 0 Å². The van der Waals surface area contributed by atoms with E-state index in [0.29, 0.717) is 6.54 Å². The summed E-state index contributed by atoms with van der Waals surface area (Å²) in [6.07, 6.45) is 10.4. The zero-order valence-electron chi connectivity index (χ0n) is 10.6. The number of amides is 1. The van der Waals surface area contributed by atoms with Gasteiger partial charge in [0.25, 0.3) is 0 Å². The Bertz CT molecular complexity index is 232. The van der Waals surface area contributed by atoms with Crippen LogP contribution in [0, 0.1) is 0 Å². The third-order valence-electron chi connectivity index (χ3n) is 1.69. The highest BCUT2D eigenvalue weighted by Crippen LogP contribution is 1.81. The second kappa shape index (κ2) is 13.7. The molecule has 0 aliphatic carbocycles. The van der Waals surface area contributed by atoms with Crippen molar-refractivity contribution in [3.63, 3.8) is 0 Å². The molecule has 0 spiro atoms. The minimum atomic E-state index is -0.0149. The van der Waals surface area contributed by atoms with Gasteiger partial charge in [-0.3, -0.25) is 4.79 Å². The lowest BCUT2D eigenvalue weighted by Crippen LogP contribution is -2.35. The quantitative estimate of drug-likeness (QED) is 0.703. The van der Waals surface area contributed by atoms with Gasteiger partial charge >= 0.3 is 0 Å². The molecule has 92 valence electrons. The lowest BCUT2D eigenvalue weighted by atomic mass is 10.2. The molecule has 1 amide bonds. The number of carbonyl (C=O) groups excluding carboxylic acids is 1. The van der Waals surface area contributed by atoms with Crippen molar-refractivity contribution in [1.29, 1.82) is 0 Å². The van der Waals surface area contributed by atoms with Crippen LogP contribution in [0.4, 0.5) is 0 Å². The summed E-state index contributed by atoms with van der Waals surface area (Å²) in [6.45, 7) is 9.56. The van der Waals surface area contributed by atoms with Crippen molar-refractivity contribution in [1.82, 2.24) is 5.32 Å². The molecule has 3 N–H and O–H groups in total. The molecule has 0 fully saturated rings. The van der Waals surface area contributed by atoms with Gasteiger partial charge in [-0.15, -0.1) is 0 Å². The number of allylic oxidation sites excluding steroid dienone is 5. The van der Waals surface area contributed by atoms with Crippen LogP contribution in [0.5, 0.6) is 0 Å². The van der Waals surface area contributed by atoms with Crippen LogP contribution in [0.25, 0.3) is 0 Å². The zero-order valence-corrected chi connectivity index (χ0v) is 10.6. The standard InChI is InChI=1S/C7H10.C6H14N2O/c1-3-5-7-6-4-2;1-3-6(7)4-8-5(2)9/h3-7H,1H2,2H3;6H,3-4,7H2,1-2H3,(H,8,9)/b6-4-,7-5-;. The maximum atomic E-state index is 10.3. The molecule has 16 heavy (non-hydrogen) atoms. The highest BCUT2D eigenvalue weighted by atomic mass is 16.1. The molecule has 0 radical (unpaired) electrons. The number of carbonyl (C=O) groups is 1. The fourth-order valence-electron chi connectivity index (χ4n) is 0.673. The van der Waals surface area contributed by atoms with Crippen molar-refractivity contribution in [2.45, 2.75) is 33.2 Å². The number of rotatable bonds is 5.